The fraction of sp³-hybridized carbons (Fsp3) is 0.350. The molecular formula is C20H18F2N4O5S. The Morgan fingerprint density at radius 3 is 2.69 bits per heavy atom. The number of imide groups is 1. The number of urea groups is 1. The van der Waals surface area contributed by atoms with Gasteiger partial charge in [-0.1, -0.05) is 12.8 Å². The number of hydrogen-bond donors (Lipinski definition) is 2. The van der Waals surface area contributed by atoms with Crippen LogP contribution in [0.3, 0.4) is 0 Å². The lowest BCUT2D eigenvalue weighted by molar-refractivity contribution is -0.150. The normalized spacial score (nSPS) is 17.0. The van der Waals surface area contributed by atoms with Crippen molar-refractivity contribution in [1.29, 1.82) is 0 Å². The van der Waals surface area contributed by atoms with Crippen LogP contribution in [-0.4, -0.2) is 52.4 Å². The van der Waals surface area contributed by atoms with Gasteiger partial charge in [-0.3, -0.25) is 24.6 Å². The summed E-state index contributed by atoms with van der Waals surface area (Å²) in [5, 5.41) is 6.80. The number of anilines is 1. The van der Waals surface area contributed by atoms with Gasteiger partial charge in [0.05, 0.1) is 5.69 Å². The summed E-state index contributed by atoms with van der Waals surface area (Å²) in [5.74, 6) is -4.04. The van der Waals surface area contributed by atoms with Crippen LogP contribution in [0.5, 0.6) is 0 Å². The van der Waals surface area contributed by atoms with Gasteiger partial charge in [0, 0.05) is 10.9 Å². The Hall–Kier alpha value is -3.41. The molecule has 1 aromatic carbocycles. The number of aromatic nitrogens is 1. The van der Waals surface area contributed by atoms with Gasteiger partial charge in [-0.05, 0) is 31.0 Å². The largest absolute Gasteiger partial charge is 0.454 e. The van der Waals surface area contributed by atoms with Crippen molar-refractivity contribution in [3.63, 3.8) is 0 Å². The summed E-state index contributed by atoms with van der Waals surface area (Å²) in [6, 6.07) is 2.67. The Bertz CT molecular complexity index is 1100. The van der Waals surface area contributed by atoms with E-state index >= 15 is 0 Å². The fourth-order valence-corrected chi connectivity index (χ4v) is 4.47. The first-order chi connectivity index (χ1) is 15.3. The summed E-state index contributed by atoms with van der Waals surface area (Å²) in [4.78, 5) is 53.6. The van der Waals surface area contributed by atoms with Crippen molar-refractivity contribution in [1.82, 2.24) is 15.2 Å². The minimum Gasteiger partial charge on any atom is -0.454 e. The van der Waals surface area contributed by atoms with E-state index in [0.29, 0.717) is 24.1 Å². The molecule has 0 radical (unpaired) electrons. The predicted molar refractivity (Wildman–Crippen MR) is 108 cm³/mol. The maximum absolute atomic E-state index is 13.4. The molecule has 0 bridgehead atoms. The minimum atomic E-state index is -1.02. The summed E-state index contributed by atoms with van der Waals surface area (Å²) in [5.41, 5.74) is -0.258. The summed E-state index contributed by atoms with van der Waals surface area (Å²) in [6.07, 6.45) is 2.70. The number of nitrogens with one attached hydrogen (secondary N) is 2. The van der Waals surface area contributed by atoms with Gasteiger partial charge in [0.15, 0.2) is 23.4 Å². The van der Waals surface area contributed by atoms with Crippen LogP contribution in [0.4, 0.5) is 18.7 Å². The molecule has 2 aromatic rings. The van der Waals surface area contributed by atoms with Crippen molar-refractivity contribution in [2.45, 2.75) is 31.2 Å². The Morgan fingerprint density at radius 2 is 1.97 bits per heavy atom. The van der Waals surface area contributed by atoms with Gasteiger partial charge in [-0.25, -0.2) is 18.6 Å². The van der Waals surface area contributed by atoms with Crippen molar-refractivity contribution < 1.29 is 32.7 Å². The fourth-order valence-electron chi connectivity index (χ4n) is 3.73. The van der Waals surface area contributed by atoms with Crippen LogP contribution in [0, 0.1) is 11.6 Å². The van der Waals surface area contributed by atoms with Crippen LogP contribution in [0.2, 0.25) is 0 Å². The molecule has 1 aromatic heterocycles. The lowest BCUT2D eigenvalue weighted by Crippen LogP contribution is -2.44. The van der Waals surface area contributed by atoms with Gasteiger partial charge in [0.2, 0.25) is 0 Å². The third-order valence-electron chi connectivity index (χ3n) is 5.32. The highest BCUT2D eigenvalue weighted by Crippen LogP contribution is 2.35. The predicted octanol–water partition coefficient (Wildman–Crippen LogP) is 2.43. The zero-order valence-electron chi connectivity index (χ0n) is 16.7. The molecule has 32 heavy (non-hydrogen) atoms. The van der Waals surface area contributed by atoms with Gasteiger partial charge < -0.3 is 10.1 Å². The molecule has 9 nitrogen and oxygen atoms in total. The highest BCUT2D eigenvalue weighted by molar-refractivity contribution is 7.14. The van der Waals surface area contributed by atoms with E-state index in [2.05, 4.69) is 15.6 Å². The molecule has 4 amide bonds. The van der Waals surface area contributed by atoms with Crippen LogP contribution >= 0.6 is 11.3 Å². The Morgan fingerprint density at radius 1 is 1.22 bits per heavy atom. The molecule has 2 aliphatic rings. The highest BCUT2D eigenvalue weighted by atomic mass is 32.1. The van der Waals surface area contributed by atoms with Crippen LogP contribution in [0.1, 0.15) is 25.7 Å². The number of carbonyl (C=O) groups is 4. The number of thiazole rings is 1. The molecule has 1 spiro atoms. The van der Waals surface area contributed by atoms with Crippen LogP contribution in [0.15, 0.2) is 23.6 Å². The van der Waals surface area contributed by atoms with Crippen molar-refractivity contribution >= 4 is 40.3 Å². The van der Waals surface area contributed by atoms with Gasteiger partial charge in [0.1, 0.15) is 12.1 Å². The third-order valence-corrected chi connectivity index (χ3v) is 6.08. The zero-order chi connectivity index (χ0) is 22.9. The average Bonchev–Trinajstić information content (AvgIpc) is 3.46. The summed E-state index contributed by atoms with van der Waals surface area (Å²) in [7, 11) is 0. The molecule has 0 atom stereocenters. The van der Waals surface area contributed by atoms with Crippen LogP contribution < -0.4 is 10.6 Å². The molecule has 2 fully saturated rings. The third kappa shape index (κ3) is 4.31. The molecule has 2 N–H and O–H groups in total. The summed E-state index contributed by atoms with van der Waals surface area (Å²) in [6.45, 7) is -1.23. The number of rotatable bonds is 6. The number of ether oxygens (including phenoxy) is 1. The van der Waals surface area contributed by atoms with E-state index in [1.165, 1.54) is 6.07 Å². The number of nitrogens with zero attached hydrogens (tertiary/aromatic N) is 2. The van der Waals surface area contributed by atoms with Crippen molar-refractivity contribution in [2.24, 2.45) is 0 Å². The lowest BCUT2D eigenvalue weighted by atomic mass is 9.98. The number of carbonyl (C=O) groups excluding carboxylic acids is 4. The van der Waals surface area contributed by atoms with E-state index in [4.69, 9.17) is 4.74 Å². The van der Waals surface area contributed by atoms with Gasteiger partial charge in [0.25, 0.3) is 11.8 Å². The Kier molecular flexibility index (Phi) is 5.87. The Labute approximate surface area is 184 Å². The van der Waals surface area contributed by atoms with Gasteiger partial charge in [-0.2, -0.15) is 0 Å². The van der Waals surface area contributed by atoms with Gasteiger partial charge in [-0.15, -0.1) is 11.3 Å². The topological polar surface area (TPSA) is 118 Å². The molecule has 1 saturated carbocycles. The van der Waals surface area contributed by atoms with E-state index in [9.17, 15) is 28.0 Å². The van der Waals surface area contributed by atoms with E-state index in [-0.39, 0.29) is 5.13 Å². The second-order valence-corrected chi connectivity index (χ2v) is 8.34. The maximum Gasteiger partial charge on any atom is 0.326 e. The number of halogens is 2. The summed E-state index contributed by atoms with van der Waals surface area (Å²) >= 11 is 1.05. The molecule has 1 aliphatic heterocycles. The van der Waals surface area contributed by atoms with E-state index in [1.54, 1.807) is 5.38 Å². The molecule has 1 aliphatic carbocycles. The molecule has 12 heteroatoms. The molecular weight excluding hydrogens is 446 g/mol. The minimum absolute atomic E-state index is 0.169. The Balaban J connectivity index is 1.27. The second kappa shape index (κ2) is 8.61. The van der Waals surface area contributed by atoms with E-state index in [0.717, 1.165) is 41.2 Å². The number of amides is 4. The first-order valence-electron chi connectivity index (χ1n) is 9.78. The summed E-state index contributed by atoms with van der Waals surface area (Å²) < 4.78 is 31.3. The molecule has 1 saturated heterocycles. The highest BCUT2D eigenvalue weighted by Gasteiger charge is 2.52. The maximum atomic E-state index is 13.4. The number of hydrogen-bond acceptors (Lipinski definition) is 7. The van der Waals surface area contributed by atoms with Crippen LogP contribution in [-0.2, 0) is 19.1 Å². The first kappa shape index (κ1) is 21.8. The molecule has 168 valence electrons. The SMILES string of the molecule is O=C(COC(=O)CN1C(=O)NC2(CCCC2)C1=O)Nc1nc(-c2ccc(F)c(F)c2)cs1. The van der Waals surface area contributed by atoms with E-state index in [1.807, 2.05) is 0 Å². The quantitative estimate of drug-likeness (QED) is 0.501. The number of esters is 1. The van der Waals surface area contributed by atoms with Crippen molar-refractivity contribution in [3.05, 3.63) is 35.2 Å². The molecule has 4 rings (SSSR count). The van der Waals surface area contributed by atoms with E-state index < -0.39 is 54.1 Å². The van der Waals surface area contributed by atoms with Crippen molar-refractivity contribution in [3.8, 4) is 11.3 Å². The van der Waals surface area contributed by atoms with Crippen molar-refractivity contribution in [2.75, 3.05) is 18.5 Å². The second-order valence-electron chi connectivity index (χ2n) is 7.49. The standard InChI is InChI=1S/C20H18F2N4O5S/c21-12-4-3-11(7-13(12)22)14-10-32-18(23-14)24-15(27)9-31-16(28)8-26-17(29)20(25-19(26)30)5-1-2-6-20/h3-4,7,10H,1-2,5-6,8-9H2,(H,25,30)(H,23,24,27). The number of benzene rings is 1. The van der Waals surface area contributed by atoms with Crippen LogP contribution in [0.25, 0.3) is 11.3 Å². The average molecular weight is 464 g/mol. The monoisotopic (exact) mass is 464 g/mol. The lowest BCUT2D eigenvalue weighted by Gasteiger charge is -2.19. The van der Waals surface area contributed by atoms with Gasteiger partial charge >= 0.3 is 12.0 Å². The smallest absolute Gasteiger partial charge is 0.326 e. The molecule has 2 heterocycles. The zero-order valence-corrected chi connectivity index (χ0v) is 17.5. The first-order valence-corrected chi connectivity index (χ1v) is 10.7. The molecule has 0 unspecified atom stereocenters.